The summed E-state index contributed by atoms with van der Waals surface area (Å²) in [7, 11) is -3.83. The predicted molar refractivity (Wildman–Crippen MR) is 131 cm³/mol. The van der Waals surface area contributed by atoms with E-state index in [0.717, 1.165) is 5.56 Å². The molecule has 2 atom stereocenters. The number of hydrogen-bond acceptors (Lipinski definition) is 7. The number of nitrogens with zero attached hydrogens (tertiary/aromatic N) is 3. The molecule has 1 saturated heterocycles. The first-order valence-electron chi connectivity index (χ1n) is 11.6. The highest BCUT2D eigenvalue weighted by Crippen LogP contribution is 2.36. The Morgan fingerprint density at radius 1 is 1.29 bits per heavy atom. The standard InChI is InChI=1S/C25H32N4O5S/c1-5-27-14-6-7-18-8-10-19(11-9-18)35(32,33)20-15-21(22(30)28-25(17-26)12-13-25)29(16-20)23(31)34-24(2,3)4/h5-6,8-11,14,20-21H,7,12-13,15-16H2,1-4H3,(H,28,30)/b14-6-,27-5?/t20?,21-/m0/s1. The number of allylic oxidation sites excluding steroid dienone is 1. The quantitative estimate of drug-likeness (QED) is 0.573. The first-order valence-corrected chi connectivity index (χ1v) is 13.1. The molecule has 188 valence electrons. The van der Waals surface area contributed by atoms with Crippen LogP contribution >= 0.6 is 0 Å². The van der Waals surface area contributed by atoms with Gasteiger partial charge in [-0.2, -0.15) is 5.26 Å². The van der Waals surface area contributed by atoms with Crippen LogP contribution in [0.2, 0.25) is 0 Å². The molecular weight excluding hydrogens is 468 g/mol. The fraction of sp³-hybridized carbons (Fsp3) is 0.520. The van der Waals surface area contributed by atoms with Crippen LogP contribution < -0.4 is 5.32 Å². The zero-order valence-electron chi connectivity index (χ0n) is 20.5. The first-order chi connectivity index (χ1) is 16.4. The molecule has 10 heteroatoms. The zero-order chi connectivity index (χ0) is 25.9. The minimum atomic E-state index is -3.83. The molecule has 2 amide bonds. The summed E-state index contributed by atoms with van der Waals surface area (Å²) in [6.07, 6.45) is 6.06. The number of sulfone groups is 1. The molecule has 2 aliphatic rings. The lowest BCUT2D eigenvalue weighted by Crippen LogP contribution is -2.50. The minimum absolute atomic E-state index is 0.0750. The van der Waals surface area contributed by atoms with Gasteiger partial charge in [-0.05, 0) is 71.1 Å². The van der Waals surface area contributed by atoms with E-state index in [0.29, 0.717) is 19.3 Å². The van der Waals surface area contributed by atoms with Crippen LogP contribution in [0.5, 0.6) is 0 Å². The number of rotatable bonds is 7. The van der Waals surface area contributed by atoms with E-state index in [2.05, 4.69) is 16.4 Å². The number of amides is 2. The molecule has 0 spiro atoms. The van der Waals surface area contributed by atoms with Crippen molar-refractivity contribution in [3.8, 4) is 6.07 Å². The number of likely N-dealkylation sites (tertiary alicyclic amines) is 1. The topological polar surface area (TPSA) is 129 Å². The van der Waals surface area contributed by atoms with Crippen LogP contribution in [0.15, 0.2) is 46.4 Å². The second-order valence-corrected chi connectivity index (χ2v) is 12.1. The largest absolute Gasteiger partial charge is 0.444 e. The Kier molecular flexibility index (Phi) is 7.70. The fourth-order valence-electron chi connectivity index (χ4n) is 3.85. The molecule has 0 aromatic heterocycles. The number of carbonyl (C=O) groups excluding carboxylic acids is 2. The van der Waals surface area contributed by atoms with Gasteiger partial charge in [-0.3, -0.25) is 14.7 Å². The van der Waals surface area contributed by atoms with Gasteiger partial charge in [0.1, 0.15) is 17.2 Å². The van der Waals surface area contributed by atoms with Crippen molar-refractivity contribution < 1.29 is 22.7 Å². The molecule has 1 heterocycles. The molecule has 2 fully saturated rings. The highest BCUT2D eigenvalue weighted by Gasteiger charge is 2.51. The second-order valence-electron chi connectivity index (χ2n) is 9.87. The maximum Gasteiger partial charge on any atom is 0.411 e. The summed E-state index contributed by atoms with van der Waals surface area (Å²) in [6, 6.07) is 7.60. The lowest BCUT2D eigenvalue weighted by molar-refractivity contribution is -0.126. The SMILES string of the molecule is CC=N/C=C\Cc1ccc(S(=O)(=O)C2C[C@@H](C(=O)NC3(C#N)CC3)N(C(=O)OC(C)(C)C)C2)cc1. The number of aliphatic imine (C=N–C) groups is 1. The van der Waals surface area contributed by atoms with E-state index < -0.39 is 44.3 Å². The van der Waals surface area contributed by atoms with E-state index in [4.69, 9.17) is 4.74 Å². The van der Waals surface area contributed by atoms with E-state index >= 15 is 0 Å². The van der Waals surface area contributed by atoms with Crippen LogP contribution in [0.1, 0.15) is 52.5 Å². The van der Waals surface area contributed by atoms with Crippen molar-refractivity contribution >= 4 is 28.1 Å². The number of nitrogens with one attached hydrogen (secondary N) is 1. The average Bonchev–Trinajstić information content (AvgIpc) is 3.40. The molecule has 3 rings (SSSR count). The van der Waals surface area contributed by atoms with Gasteiger partial charge in [-0.15, -0.1) is 0 Å². The number of ether oxygens (including phenoxy) is 1. The van der Waals surface area contributed by atoms with Gasteiger partial charge in [0.15, 0.2) is 9.84 Å². The molecule has 1 aromatic rings. The Balaban J connectivity index is 1.80. The molecule has 0 bridgehead atoms. The summed E-state index contributed by atoms with van der Waals surface area (Å²) in [5, 5.41) is 11.0. The number of benzene rings is 1. The smallest absolute Gasteiger partial charge is 0.411 e. The molecule has 1 saturated carbocycles. The van der Waals surface area contributed by atoms with Crippen LogP contribution in [-0.2, 0) is 25.8 Å². The van der Waals surface area contributed by atoms with Crippen molar-refractivity contribution in [1.29, 1.82) is 5.26 Å². The Morgan fingerprint density at radius 3 is 2.49 bits per heavy atom. The van der Waals surface area contributed by atoms with Gasteiger partial charge in [0, 0.05) is 19.0 Å². The van der Waals surface area contributed by atoms with E-state index in [-0.39, 0.29) is 17.9 Å². The maximum absolute atomic E-state index is 13.4. The minimum Gasteiger partial charge on any atom is -0.444 e. The molecular formula is C25H32N4O5S. The highest BCUT2D eigenvalue weighted by atomic mass is 32.2. The Morgan fingerprint density at radius 2 is 1.94 bits per heavy atom. The fourth-order valence-corrected chi connectivity index (χ4v) is 5.54. The van der Waals surface area contributed by atoms with Gasteiger partial charge < -0.3 is 10.1 Å². The van der Waals surface area contributed by atoms with E-state index in [1.807, 2.05) is 13.0 Å². The van der Waals surface area contributed by atoms with Crippen LogP contribution in [0.25, 0.3) is 0 Å². The summed E-state index contributed by atoms with van der Waals surface area (Å²) < 4.78 is 32.3. The van der Waals surface area contributed by atoms with Gasteiger partial charge in [0.05, 0.1) is 16.2 Å². The second kappa shape index (κ2) is 10.2. The van der Waals surface area contributed by atoms with Crippen molar-refractivity contribution in [3.05, 3.63) is 42.1 Å². The maximum atomic E-state index is 13.4. The van der Waals surface area contributed by atoms with Gasteiger partial charge >= 0.3 is 6.09 Å². The van der Waals surface area contributed by atoms with Crippen molar-refractivity contribution in [2.75, 3.05) is 6.54 Å². The Bertz CT molecular complexity index is 1160. The molecule has 1 aliphatic carbocycles. The average molecular weight is 501 g/mol. The Hall–Kier alpha value is -3.19. The van der Waals surface area contributed by atoms with Gasteiger partial charge in [0.2, 0.25) is 5.91 Å². The summed E-state index contributed by atoms with van der Waals surface area (Å²) in [5.74, 6) is -0.538. The van der Waals surface area contributed by atoms with Gasteiger partial charge in [-0.1, -0.05) is 18.2 Å². The third-order valence-electron chi connectivity index (χ3n) is 5.90. The van der Waals surface area contributed by atoms with Crippen molar-refractivity contribution in [2.24, 2.45) is 4.99 Å². The first kappa shape index (κ1) is 26.4. The van der Waals surface area contributed by atoms with Crippen LogP contribution in [-0.4, -0.2) is 60.5 Å². The van der Waals surface area contributed by atoms with Gasteiger partial charge in [0.25, 0.3) is 0 Å². The third-order valence-corrected chi connectivity index (χ3v) is 8.05. The Labute approximate surface area is 206 Å². The molecule has 1 aromatic carbocycles. The molecule has 35 heavy (non-hydrogen) atoms. The van der Waals surface area contributed by atoms with Crippen LogP contribution in [0, 0.1) is 11.3 Å². The monoisotopic (exact) mass is 500 g/mol. The predicted octanol–water partition coefficient (Wildman–Crippen LogP) is 3.16. The third kappa shape index (κ3) is 6.48. The molecule has 1 unspecified atom stereocenters. The molecule has 1 aliphatic heterocycles. The summed E-state index contributed by atoms with van der Waals surface area (Å²) >= 11 is 0. The molecule has 0 radical (unpaired) electrons. The summed E-state index contributed by atoms with van der Waals surface area (Å²) in [4.78, 5) is 31.2. The van der Waals surface area contributed by atoms with Crippen molar-refractivity contribution in [1.82, 2.24) is 10.2 Å². The van der Waals surface area contributed by atoms with Crippen LogP contribution in [0.4, 0.5) is 4.79 Å². The van der Waals surface area contributed by atoms with Gasteiger partial charge in [-0.25, -0.2) is 13.2 Å². The summed E-state index contributed by atoms with van der Waals surface area (Å²) in [6.45, 7) is 6.74. The highest BCUT2D eigenvalue weighted by molar-refractivity contribution is 7.92. The van der Waals surface area contributed by atoms with E-state index in [1.54, 1.807) is 57.5 Å². The lowest BCUT2D eigenvalue weighted by Gasteiger charge is -2.28. The number of nitriles is 1. The van der Waals surface area contributed by atoms with E-state index in [1.165, 1.54) is 4.90 Å². The normalized spacial score (nSPS) is 21.7. The van der Waals surface area contributed by atoms with Crippen molar-refractivity contribution in [2.45, 2.75) is 80.7 Å². The lowest BCUT2D eigenvalue weighted by atomic mass is 10.1. The van der Waals surface area contributed by atoms with E-state index in [9.17, 15) is 23.3 Å². The van der Waals surface area contributed by atoms with Crippen molar-refractivity contribution in [3.63, 3.8) is 0 Å². The number of hydrogen-bond donors (Lipinski definition) is 1. The number of carbonyl (C=O) groups is 2. The summed E-state index contributed by atoms with van der Waals surface area (Å²) in [5.41, 5.74) is -0.816. The molecule has 1 N–H and O–H groups in total. The molecule has 9 nitrogen and oxygen atoms in total. The zero-order valence-corrected chi connectivity index (χ0v) is 21.3. The van der Waals surface area contributed by atoms with Crippen LogP contribution in [0.3, 0.4) is 0 Å².